The Morgan fingerprint density at radius 3 is 2.80 bits per heavy atom. The number of hydrogen-bond acceptors (Lipinski definition) is 4. The predicted octanol–water partition coefficient (Wildman–Crippen LogP) is 0.964. The lowest BCUT2D eigenvalue weighted by atomic mass is 9.88. The molecular formula is C11H21N3O. The van der Waals surface area contributed by atoms with Crippen molar-refractivity contribution < 1.29 is 4.74 Å². The number of aliphatic imine (C=N–C) groups is 1. The predicted molar refractivity (Wildman–Crippen MR) is 60.9 cm³/mol. The second-order valence-electron chi connectivity index (χ2n) is 4.64. The molecular weight excluding hydrogens is 190 g/mol. The molecule has 2 aliphatic heterocycles. The molecule has 0 bridgehead atoms. The molecule has 4 heteroatoms. The fourth-order valence-corrected chi connectivity index (χ4v) is 2.65. The molecule has 2 aliphatic rings. The largest absolute Gasteiger partial charge is 0.381 e. The first kappa shape index (κ1) is 10.7. The maximum Gasteiger partial charge on any atom is 0.192 e. The topological polar surface area (TPSA) is 50.8 Å². The molecule has 2 heterocycles. The van der Waals surface area contributed by atoms with Crippen molar-refractivity contribution >= 4 is 5.96 Å². The summed E-state index contributed by atoms with van der Waals surface area (Å²) in [5.74, 6) is 0.728. The summed E-state index contributed by atoms with van der Waals surface area (Å²) in [6.45, 7) is 6.96. The van der Waals surface area contributed by atoms with E-state index in [9.17, 15) is 0 Å². The first-order valence-electron chi connectivity index (χ1n) is 5.86. The minimum atomic E-state index is 0.164. The Balaban J connectivity index is 2.18. The van der Waals surface area contributed by atoms with Gasteiger partial charge in [-0.25, -0.2) is 0 Å². The van der Waals surface area contributed by atoms with E-state index in [1.165, 1.54) is 0 Å². The normalized spacial score (nSPS) is 26.8. The van der Waals surface area contributed by atoms with E-state index in [1.807, 2.05) is 0 Å². The molecule has 0 aromatic carbocycles. The molecule has 2 rings (SSSR count). The van der Waals surface area contributed by atoms with Crippen molar-refractivity contribution in [1.82, 2.24) is 4.90 Å². The van der Waals surface area contributed by atoms with Crippen molar-refractivity contribution in [3.8, 4) is 0 Å². The van der Waals surface area contributed by atoms with Crippen LogP contribution in [-0.4, -0.2) is 42.2 Å². The van der Waals surface area contributed by atoms with Crippen LogP contribution in [0.4, 0.5) is 0 Å². The van der Waals surface area contributed by atoms with Crippen LogP contribution < -0.4 is 5.73 Å². The van der Waals surface area contributed by atoms with Crippen LogP contribution in [0.2, 0.25) is 0 Å². The summed E-state index contributed by atoms with van der Waals surface area (Å²) < 4.78 is 5.43. The third-order valence-corrected chi connectivity index (χ3v) is 3.75. The van der Waals surface area contributed by atoms with Gasteiger partial charge < -0.3 is 15.4 Å². The highest BCUT2D eigenvalue weighted by molar-refractivity contribution is 5.81. The van der Waals surface area contributed by atoms with Crippen molar-refractivity contribution in [2.75, 3.05) is 19.8 Å². The Hall–Kier alpha value is -0.770. The highest BCUT2D eigenvalue weighted by Gasteiger charge is 2.44. The van der Waals surface area contributed by atoms with Crippen LogP contribution in [-0.2, 0) is 4.74 Å². The van der Waals surface area contributed by atoms with Crippen molar-refractivity contribution in [1.29, 1.82) is 0 Å². The van der Waals surface area contributed by atoms with Gasteiger partial charge in [0, 0.05) is 19.3 Å². The average Bonchev–Trinajstić information content (AvgIpc) is 2.56. The van der Waals surface area contributed by atoms with Gasteiger partial charge in [0.1, 0.15) is 0 Å². The lowest BCUT2D eigenvalue weighted by molar-refractivity contribution is 0.000272. The van der Waals surface area contributed by atoms with Gasteiger partial charge >= 0.3 is 0 Å². The van der Waals surface area contributed by atoms with Gasteiger partial charge in [0.05, 0.1) is 12.1 Å². The zero-order chi connectivity index (χ0) is 10.9. The summed E-state index contributed by atoms with van der Waals surface area (Å²) in [7, 11) is 0. The fraction of sp³-hybridized carbons (Fsp3) is 0.909. The first-order chi connectivity index (χ1) is 7.19. The van der Waals surface area contributed by atoms with Crippen LogP contribution >= 0.6 is 0 Å². The molecule has 2 N–H and O–H groups in total. The van der Waals surface area contributed by atoms with Crippen LogP contribution in [0, 0.1) is 0 Å². The number of hydrogen-bond donors (Lipinski definition) is 1. The van der Waals surface area contributed by atoms with Gasteiger partial charge in [-0.3, -0.25) is 4.99 Å². The summed E-state index contributed by atoms with van der Waals surface area (Å²) >= 11 is 0. The van der Waals surface area contributed by atoms with Gasteiger partial charge in [0.2, 0.25) is 0 Å². The Kier molecular flexibility index (Phi) is 2.87. The highest BCUT2D eigenvalue weighted by atomic mass is 16.5. The molecule has 0 radical (unpaired) electrons. The molecule has 15 heavy (non-hydrogen) atoms. The molecule has 1 saturated heterocycles. The lowest BCUT2D eigenvalue weighted by Crippen LogP contribution is -2.57. The molecule has 1 spiro atoms. The Labute approximate surface area is 91.5 Å². The zero-order valence-corrected chi connectivity index (χ0v) is 9.70. The number of nitrogens with two attached hydrogens (primary N) is 1. The molecule has 86 valence electrons. The van der Waals surface area contributed by atoms with E-state index >= 15 is 0 Å². The maximum absolute atomic E-state index is 6.00. The monoisotopic (exact) mass is 211 g/mol. The molecule has 1 fully saturated rings. The van der Waals surface area contributed by atoms with E-state index in [4.69, 9.17) is 10.5 Å². The maximum atomic E-state index is 6.00. The van der Waals surface area contributed by atoms with Crippen LogP contribution in [0.5, 0.6) is 0 Å². The fourth-order valence-electron chi connectivity index (χ4n) is 2.65. The van der Waals surface area contributed by atoms with Crippen LogP contribution in [0.3, 0.4) is 0 Å². The smallest absolute Gasteiger partial charge is 0.192 e. The summed E-state index contributed by atoms with van der Waals surface area (Å²) in [6, 6.07) is 0.481. The molecule has 0 aromatic rings. The number of ether oxygens (including phenoxy) is 1. The van der Waals surface area contributed by atoms with Gasteiger partial charge in [0.15, 0.2) is 5.96 Å². The average molecular weight is 211 g/mol. The van der Waals surface area contributed by atoms with E-state index in [1.54, 1.807) is 0 Å². The number of rotatable bonds is 2. The molecule has 1 atom stereocenters. The van der Waals surface area contributed by atoms with E-state index in [0.29, 0.717) is 6.04 Å². The summed E-state index contributed by atoms with van der Waals surface area (Å²) in [5, 5.41) is 0. The first-order valence-corrected chi connectivity index (χ1v) is 5.86. The quantitative estimate of drug-likeness (QED) is 0.740. The summed E-state index contributed by atoms with van der Waals surface area (Å²) in [6.07, 6.45) is 3.22. The second-order valence-corrected chi connectivity index (χ2v) is 4.64. The van der Waals surface area contributed by atoms with Crippen LogP contribution in [0.15, 0.2) is 4.99 Å². The third-order valence-electron chi connectivity index (χ3n) is 3.75. The SMILES string of the molecule is CCC(C)N1C(N)=NCC12CCOCC2. The van der Waals surface area contributed by atoms with Gasteiger partial charge in [-0.05, 0) is 26.2 Å². The molecule has 1 unspecified atom stereocenters. The van der Waals surface area contributed by atoms with Crippen molar-refractivity contribution in [3.63, 3.8) is 0 Å². The zero-order valence-electron chi connectivity index (χ0n) is 9.70. The van der Waals surface area contributed by atoms with Crippen LogP contribution in [0.1, 0.15) is 33.1 Å². The number of nitrogens with zero attached hydrogens (tertiary/aromatic N) is 2. The Morgan fingerprint density at radius 1 is 1.53 bits per heavy atom. The summed E-state index contributed by atoms with van der Waals surface area (Å²) in [5.41, 5.74) is 6.16. The second kappa shape index (κ2) is 4.00. The molecule has 0 saturated carbocycles. The molecule has 0 amide bonds. The van der Waals surface area contributed by atoms with Gasteiger partial charge in [-0.15, -0.1) is 0 Å². The minimum absolute atomic E-state index is 0.164. The third kappa shape index (κ3) is 1.71. The molecule has 4 nitrogen and oxygen atoms in total. The van der Waals surface area contributed by atoms with Gasteiger partial charge in [-0.2, -0.15) is 0 Å². The highest BCUT2D eigenvalue weighted by Crippen LogP contribution is 2.34. The summed E-state index contributed by atoms with van der Waals surface area (Å²) in [4.78, 5) is 6.76. The van der Waals surface area contributed by atoms with Gasteiger partial charge in [0.25, 0.3) is 0 Å². The Morgan fingerprint density at radius 2 is 2.20 bits per heavy atom. The lowest BCUT2D eigenvalue weighted by Gasteiger charge is -2.44. The van der Waals surface area contributed by atoms with E-state index in [-0.39, 0.29) is 5.54 Å². The Bertz CT molecular complexity index is 259. The van der Waals surface area contributed by atoms with E-state index in [2.05, 4.69) is 23.7 Å². The molecule has 0 aliphatic carbocycles. The van der Waals surface area contributed by atoms with Crippen molar-refractivity contribution in [3.05, 3.63) is 0 Å². The number of guanidine groups is 1. The molecule has 0 aromatic heterocycles. The minimum Gasteiger partial charge on any atom is -0.381 e. The van der Waals surface area contributed by atoms with Crippen molar-refractivity contribution in [2.24, 2.45) is 10.7 Å². The van der Waals surface area contributed by atoms with Crippen molar-refractivity contribution in [2.45, 2.75) is 44.7 Å². The van der Waals surface area contributed by atoms with E-state index < -0.39 is 0 Å². The van der Waals surface area contributed by atoms with E-state index in [0.717, 1.165) is 45.0 Å². The van der Waals surface area contributed by atoms with Gasteiger partial charge in [-0.1, -0.05) is 6.92 Å². The van der Waals surface area contributed by atoms with Crippen LogP contribution in [0.25, 0.3) is 0 Å². The standard InChI is InChI=1S/C11H21N3O/c1-3-9(2)14-10(12)13-8-11(14)4-6-15-7-5-11/h9H,3-8H2,1-2H3,(H2,12,13).